The third-order valence-corrected chi connectivity index (χ3v) is 11.6. The van der Waals surface area contributed by atoms with Gasteiger partial charge < -0.3 is 25.0 Å². The molecule has 0 spiro atoms. The van der Waals surface area contributed by atoms with Gasteiger partial charge in [-0.15, -0.1) is 0 Å². The van der Waals surface area contributed by atoms with Gasteiger partial charge in [0.05, 0.1) is 20.3 Å². The molecule has 0 aromatic heterocycles. The van der Waals surface area contributed by atoms with Crippen molar-refractivity contribution < 1.29 is 19.7 Å². The molecule has 1 fully saturated rings. The number of aliphatic imine (C=N–C) groups is 1. The Hall–Kier alpha value is -6.37. The van der Waals surface area contributed by atoms with Crippen LogP contribution in [0.1, 0.15) is 36.8 Å². The van der Waals surface area contributed by atoms with Crippen LogP contribution in [0.5, 0.6) is 23.0 Å². The Morgan fingerprint density at radius 1 is 0.571 bits per heavy atom. The van der Waals surface area contributed by atoms with Gasteiger partial charge in [0.15, 0.2) is 0 Å². The summed E-state index contributed by atoms with van der Waals surface area (Å²) in [6, 6.07) is 45.1. The van der Waals surface area contributed by atoms with Gasteiger partial charge in [-0.3, -0.25) is 4.99 Å². The zero-order valence-electron chi connectivity index (χ0n) is 31.6. The number of fused-ring (bicyclic) bond motifs is 4. The Labute approximate surface area is 326 Å². The molecular formula is C50H44N2O4. The number of aromatic hydroxyl groups is 2. The average molecular weight is 737 g/mol. The summed E-state index contributed by atoms with van der Waals surface area (Å²) in [6.07, 6.45) is 5.91. The molecule has 2 atom stereocenters. The molecule has 56 heavy (non-hydrogen) atoms. The van der Waals surface area contributed by atoms with Gasteiger partial charge in [0.1, 0.15) is 23.0 Å². The van der Waals surface area contributed by atoms with Crippen LogP contribution in [0.2, 0.25) is 0 Å². The fourth-order valence-electron chi connectivity index (χ4n) is 8.80. The van der Waals surface area contributed by atoms with Crippen molar-refractivity contribution in [2.75, 3.05) is 14.2 Å². The van der Waals surface area contributed by atoms with Crippen molar-refractivity contribution in [3.63, 3.8) is 0 Å². The van der Waals surface area contributed by atoms with Gasteiger partial charge >= 0.3 is 0 Å². The van der Waals surface area contributed by atoms with E-state index in [9.17, 15) is 10.2 Å². The van der Waals surface area contributed by atoms with Gasteiger partial charge in [-0.25, -0.2) is 0 Å². The van der Waals surface area contributed by atoms with Gasteiger partial charge in [-0.05, 0) is 80.2 Å². The van der Waals surface area contributed by atoms with E-state index < -0.39 is 0 Å². The Bertz CT molecular complexity index is 2790. The standard InChI is InChI=1S/C50H44N2O4/c1-55-43-25-23-31-13-3-7-17-37(31)45(43)47-39-19-9-5-15-33(39)27-35(49(47)53)29-51-41-21-11-12-22-42(41)52-30-36-28-34-16-6-10-20-40(34)48(50(36)54)46-38-18-8-4-14-32(38)24-26-44(46)56-2/h3-10,13-20,23-29,41-42,52-54H,11-12,21-22,30H2,1-2H3/b51-29+/t41-,42?/m1/s1. The van der Waals surface area contributed by atoms with E-state index in [4.69, 9.17) is 14.5 Å². The van der Waals surface area contributed by atoms with Crippen LogP contribution < -0.4 is 14.8 Å². The highest BCUT2D eigenvalue weighted by molar-refractivity contribution is 6.13. The Morgan fingerprint density at radius 3 is 1.62 bits per heavy atom. The first-order valence-corrected chi connectivity index (χ1v) is 19.4. The maximum atomic E-state index is 12.1. The van der Waals surface area contributed by atoms with E-state index >= 15 is 0 Å². The van der Waals surface area contributed by atoms with Crippen molar-refractivity contribution in [3.8, 4) is 45.3 Å². The lowest BCUT2D eigenvalue weighted by molar-refractivity contribution is 0.327. The minimum absolute atomic E-state index is 0.00890. The van der Waals surface area contributed by atoms with Crippen LogP contribution in [0, 0.1) is 0 Å². The lowest BCUT2D eigenvalue weighted by atomic mass is 9.89. The molecule has 0 amide bonds. The highest BCUT2D eigenvalue weighted by atomic mass is 16.5. The molecule has 0 bridgehead atoms. The molecule has 3 N–H and O–H groups in total. The van der Waals surface area contributed by atoms with Gasteiger partial charge in [0.25, 0.3) is 0 Å². The normalized spacial score (nSPS) is 16.0. The van der Waals surface area contributed by atoms with Crippen LogP contribution in [0.4, 0.5) is 0 Å². The Balaban J connectivity index is 1.07. The SMILES string of the molecule is COc1ccc2ccccc2c1-c1c(O)c(/C=N/[C@@H]2CCCCC2NCc2cc3ccccc3c(-c3c(OC)ccc4ccccc34)c2O)cc2ccccc12. The molecule has 1 aliphatic rings. The van der Waals surface area contributed by atoms with E-state index in [2.05, 4.69) is 72.0 Å². The van der Waals surface area contributed by atoms with Crippen LogP contribution in [0.25, 0.3) is 65.3 Å². The van der Waals surface area contributed by atoms with E-state index in [1.807, 2.05) is 72.9 Å². The molecule has 6 heteroatoms. The van der Waals surface area contributed by atoms with E-state index in [-0.39, 0.29) is 23.6 Å². The number of nitrogens with zero attached hydrogens (tertiary/aromatic N) is 1. The maximum absolute atomic E-state index is 12.1. The lowest BCUT2D eigenvalue weighted by Crippen LogP contribution is -2.40. The number of ether oxygens (including phenoxy) is 2. The quantitative estimate of drug-likeness (QED) is 0.129. The van der Waals surface area contributed by atoms with Crippen molar-refractivity contribution in [2.45, 2.75) is 44.3 Å². The molecule has 1 saturated carbocycles. The van der Waals surface area contributed by atoms with E-state index in [1.165, 1.54) is 0 Å². The van der Waals surface area contributed by atoms with Crippen LogP contribution >= 0.6 is 0 Å². The van der Waals surface area contributed by atoms with Crippen LogP contribution in [0.15, 0.2) is 138 Å². The van der Waals surface area contributed by atoms with Gasteiger partial charge in [0, 0.05) is 52.2 Å². The second-order valence-corrected chi connectivity index (χ2v) is 14.7. The van der Waals surface area contributed by atoms with Crippen molar-refractivity contribution >= 4 is 49.3 Å². The number of rotatable bonds is 9. The molecule has 0 heterocycles. The average Bonchev–Trinajstić information content (AvgIpc) is 3.25. The fourth-order valence-corrected chi connectivity index (χ4v) is 8.80. The monoisotopic (exact) mass is 736 g/mol. The number of nitrogens with one attached hydrogen (secondary N) is 1. The van der Waals surface area contributed by atoms with Crippen molar-refractivity contribution in [2.24, 2.45) is 4.99 Å². The first-order valence-electron chi connectivity index (χ1n) is 19.4. The van der Waals surface area contributed by atoms with Gasteiger partial charge in [-0.1, -0.05) is 122 Å². The summed E-state index contributed by atoms with van der Waals surface area (Å²) in [5.41, 5.74) is 4.75. The first kappa shape index (κ1) is 35.3. The summed E-state index contributed by atoms with van der Waals surface area (Å²) in [4.78, 5) is 5.19. The maximum Gasteiger partial charge on any atom is 0.132 e. The second-order valence-electron chi connectivity index (χ2n) is 14.7. The summed E-state index contributed by atoms with van der Waals surface area (Å²) in [6.45, 7) is 0.472. The summed E-state index contributed by atoms with van der Waals surface area (Å²) < 4.78 is 11.8. The highest BCUT2D eigenvalue weighted by Gasteiger charge is 2.26. The first-order chi connectivity index (χ1) is 27.5. The molecule has 8 aromatic rings. The number of methoxy groups -OCH3 is 2. The van der Waals surface area contributed by atoms with Crippen LogP contribution in [-0.4, -0.2) is 42.7 Å². The lowest BCUT2D eigenvalue weighted by Gasteiger charge is -2.30. The number of hydrogen-bond acceptors (Lipinski definition) is 6. The van der Waals surface area contributed by atoms with Crippen LogP contribution in [0.3, 0.4) is 0 Å². The number of benzene rings is 8. The minimum Gasteiger partial charge on any atom is -0.507 e. The van der Waals surface area contributed by atoms with Crippen molar-refractivity contribution in [1.82, 2.24) is 5.32 Å². The largest absolute Gasteiger partial charge is 0.507 e. The minimum atomic E-state index is -0.00890. The zero-order valence-corrected chi connectivity index (χ0v) is 31.6. The third-order valence-electron chi connectivity index (χ3n) is 11.6. The topological polar surface area (TPSA) is 83.3 Å². The zero-order chi connectivity index (χ0) is 38.2. The molecule has 8 aromatic carbocycles. The van der Waals surface area contributed by atoms with Gasteiger partial charge in [-0.2, -0.15) is 0 Å². The summed E-state index contributed by atoms with van der Waals surface area (Å²) in [7, 11) is 3.36. The van der Waals surface area contributed by atoms with E-state index in [0.717, 1.165) is 102 Å². The summed E-state index contributed by atoms with van der Waals surface area (Å²) in [5.74, 6) is 1.85. The molecular weight excluding hydrogens is 693 g/mol. The van der Waals surface area contributed by atoms with E-state index in [1.54, 1.807) is 14.2 Å². The predicted molar refractivity (Wildman–Crippen MR) is 231 cm³/mol. The van der Waals surface area contributed by atoms with Gasteiger partial charge in [0.2, 0.25) is 0 Å². The van der Waals surface area contributed by atoms with Crippen molar-refractivity contribution in [3.05, 3.63) is 145 Å². The molecule has 9 rings (SSSR count). The van der Waals surface area contributed by atoms with Crippen LogP contribution in [-0.2, 0) is 6.54 Å². The second kappa shape index (κ2) is 15.0. The Morgan fingerprint density at radius 2 is 1.05 bits per heavy atom. The molecule has 0 aliphatic heterocycles. The molecule has 6 nitrogen and oxygen atoms in total. The molecule has 0 saturated heterocycles. The van der Waals surface area contributed by atoms with E-state index in [0.29, 0.717) is 17.9 Å². The fraction of sp³-hybridized carbons (Fsp3) is 0.180. The predicted octanol–water partition coefficient (Wildman–Crippen LogP) is 11.6. The molecule has 278 valence electrons. The molecule has 0 radical (unpaired) electrons. The number of phenols is 2. The Kier molecular flexibility index (Phi) is 9.49. The molecule has 1 unspecified atom stereocenters. The smallest absolute Gasteiger partial charge is 0.132 e. The number of hydrogen-bond donors (Lipinski definition) is 3. The summed E-state index contributed by atoms with van der Waals surface area (Å²) >= 11 is 0. The number of phenolic OH excluding ortho intramolecular Hbond substituents is 2. The third kappa shape index (κ3) is 6.26. The van der Waals surface area contributed by atoms with Crippen molar-refractivity contribution in [1.29, 1.82) is 0 Å². The summed E-state index contributed by atoms with van der Waals surface area (Å²) in [5, 5.41) is 36.2. The molecule has 1 aliphatic carbocycles. The highest BCUT2D eigenvalue weighted by Crippen LogP contribution is 2.48.